The van der Waals surface area contributed by atoms with Crippen LogP contribution in [0, 0.1) is 0 Å². The van der Waals surface area contributed by atoms with Crippen LogP contribution in [0.5, 0.6) is 0 Å². The molecule has 0 fully saturated rings. The number of carbonyl (C=O) groups is 1. The van der Waals surface area contributed by atoms with Gasteiger partial charge >= 0.3 is 0 Å². The molecule has 0 saturated carbocycles. The molecular formula is C14H19N3O3S. The van der Waals surface area contributed by atoms with Gasteiger partial charge in [-0.2, -0.15) is 0 Å². The number of carbonyl (C=O) groups excluding carboxylic acids is 1. The van der Waals surface area contributed by atoms with Crippen LogP contribution in [0.4, 0.5) is 0 Å². The molecule has 2 aromatic rings. The lowest BCUT2D eigenvalue weighted by Gasteiger charge is -2.13. The molecule has 0 unspecified atom stereocenters. The van der Waals surface area contributed by atoms with Crippen molar-refractivity contribution in [2.24, 2.45) is 0 Å². The molecule has 21 heavy (non-hydrogen) atoms. The Morgan fingerprint density at radius 1 is 1.38 bits per heavy atom. The minimum atomic E-state index is -3.50. The average molecular weight is 309 g/mol. The molecule has 0 bridgehead atoms. The predicted molar refractivity (Wildman–Crippen MR) is 80.7 cm³/mol. The third-order valence-electron chi connectivity index (χ3n) is 3.27. The average Bonchev–Trinajstić information content (AvgIpc) is 2.77. The van der Waals surface area contributed by atoms with Gasteiger partial charge in [0.05, 0.1) is 11.0 Å². The fourth-order valence-electron chi connectivity index (χ4n) is 2.06. The first-order valence-electron chi connectivity index (χ1n) is 6.77. The van der Waals surface area contributed by atoms with Gasteiger partial charge in [0.1, 0.15) is 6.54 Å². The maximum absolute atomic E-state index is 12.0. The molecule has 0 aliphatic carbocycles. The molecule has 114 valence electrons. The summed E-state index contributed by atoms with van der Waals surface area (Å²) in [4.78, 5) is 16.2. The van der Waals surface area contributed by atoms with Crippen molar-refractivity contribution in [3.63, 3.8) is 0 Å². The maximum atomic E-state index is 12.0. The summed E-state index contributed by atoms with van der Waals surface area (Å²) >= 11 is 0. The Labute approximate surface area is 124 Å². The first kappa shape index (κ1) is 15.5. The number of rotatable bonds is 5. The summed E-state index contributed by atoms with van der Waals surface area (Å²) in [5.41, 5.74) is 1.20. The van der Waals surface area contributed by atoms with Gasteiger partial charge in [0.15, 0.2) is 0 Å². The molecule has 0 aliphatic heterocycles. The zero-order chi connectivity index (χ0) is 15.6. The molecule has 1 heterocycles. The number of para-hydroxylation sites is 2. The van der Waals surface area contributed by atoms with Crippen molar-refractivity contribution in [3.8, 4) is 0 Å². The van der Waals surface area contributed by atoms with Crippen LogP contribution in [-0.2, 0) is 21.2 Å². The van der Waals surface area contributed by atoms with E-state index in [9.17, 15) is 13.2 Å². The van der Waals surface area contributed by atoms with E-state index >= 15 is 0 Å². The fourth-order valence-corrected chi connectivity index (χ4v) is 2.88. The Balaban J connectivity index is 2.44. The summed E-state index contributed by atoms with van der Waals surface area (Å²) in [6.45, 7) is 3.81. The maximum Gasteiger partial charge on any atom is 0.240 e. The van der Waals surface area contributed by atoms with Gasteiger partial charge in [-0.15, -0.1) is 0 Å². The van der Waals surface area contributed by atoms with Crippen molar-refractivity contribution in [3.05, 3.63) is 24.3 Å². The quantitative estimate of drug-likeness (QED) is 0.904. The van der Waals surface area contributed by atoms with Gasteiger partial charge in [0.25, 0.3) is 0 Å². The number of nitrogens with zero attached hydrogens (tertiary/aromatic N) is 2. The molecule has 0 radical (unpaired) electrons. The summed E-state index contributed by atoms with van der Waals surface area (Å²) in [6, 6.07) is 7.11. The molecule has 7 heteroatoms. The monoisotopic (exact) mass is 309 g/mol. The molecule has 1 atom stereocenters. The van der Waals surface area contributed by atoms with Crippen molar-refractivity contribution in [2.75, 3.05) is 6.26 Å². The highest BCUT2D eigenvalue weighted by Crippen LogP contribution is 2.19. The first-order chi connectivity index (χ1) is 9.82. The SMILES string of the molecule is CC[C@@H](C)NC(=O)Cn1c(S(C)(=O)=O)nc2ccccc21. The van der Waals surface area contributed by atoms with E-state index in [2.05, 4.69) is 10.3 Å². The Morgan fingerprint density at radius 2 is 2.05 bits per heavy atom. The number of aromatic nitrogens is 2. The highest BCUT2D eigenvalue weighted by Gasteiger charge is 2.21. The van der Waals surface area contributed by atoms with E-state index in [1.54, 1.807) is 24.3 Å². The van der Waals surface area contributed by atoms with Crippen LogP contribution in [0.2, 0.25) is 0 Å². The lowest BCUT2D eigenvalue weighted by Crippen LogP contribution is -2.35. The van der Waals surface area contributed by atoms with E-state index in [1.807, 2.05) is 13.8 Å². The van der Waals surface area contributed by atoms with Gasteiger partial charge in [-0.05, 0) is 25.5 Å². The van der Waals surface area contributed by atoms with Crippen LogP contribution >= 0.6 is 0 Å². The third-order valence-corrected chi connectivity index (χ3v) is 4.25. The van der Waals surface area contributed by atoms with E-state index in [0.29, 0.717) is 11.0 Å². The van der Waals surface area contributed by atoms with Crippen LogP contribution in [-0.4, -0.2) is 36.2 Å². The second-order valence-corrected chi connectivity index (χ2v) is 7.03. The predicted octanol–water partition coefficient (Wildman–Crippen LogP) is 1.35. The number of imidazole rings is 1. The lowest BCUT2D eigenvalue weighted by molar-refractivity contribution is -0.122. The zero-order valence-corrected chi connectivity index (χ0v) is 13.1. The van der Waals surface area contributed by atoms with Gasteiger partial charge in [-0.25, -0.2) is 13.4 Å². The number of nitrogens with one attached hydrogen (secondary N) is 1. The Morgan fingerprint density at radius 3 is 2.67 bits per heavy atom. The summed E-state index contributed by atoms with van der Waals surface area (Å²) in [5, 5.41) is 2.75. The molecule has 1 aromatic heterocycles. The summed E-state index contributed by atoms with van der Waals surface area (Å²) in [6.07, 6.45) is 1.91. The van der Waals surface area contributed by atoms with Crippen LogP contribution in [0.15, 0.2) is 29.4 Å². The van der Waals surface area contributed by atoms with Gasteiger partial charge < -0.3 is 9.88 Å². The molecule has 1 N–H and O–H groups in total. The van der Waals surface area contributed by atoms with Crippen molar-refractivity contribution in [1.82, 2.24) is 14.9 Å². The van der Waals surface area contributed by atoms with Crippen LogP contribution < -0.4 is 5.32 Å². The van der Waals surface area contributed by atoms with Crippen molar-refractivity contribution in [1.29, 1.82) is 0 Å². The minimum absolute atomic E-state index is 0.0500. The number of sulfone groups is 1. The van der Waals surface area contributed by atoms with Crippen LogP contribution in [0.1, 0.15) is 20.3 Å². The van der Waals surface area contributed by atoms with Gasteiger partial charge in [-0.3, -0.25) is 4.79 Å². The highest BCUT2D eigenvalue weighted by molar-refractivity contribution is 7.90. The van der Waals surface area contributed by atoms with E-state index in [1.165, 1.54) is 4.57 Å². The third kappa shape index (κ3) is 3.41. The number of hydrogen-bond acceptors (Lipinski definition) is 4. The molecule has 2 rings (SSSR count). The number of amides is 1. The Bertz CT molecular complexity index is 765. The molecular weight excluding hydrogens is 290 g/mol. The van der Waals surface area contributed by atoms with Crippen molar-refractivity contribution in [2.45, 2.75) is 38.0 Å². The van der Waals surface area contributed by atoms with E-state index in [-0.39, 0.29) is 23.7 Å². The second kappa shape index (κ2) is 5.85. The summed E-state index contributed by atoms with van der Waals surface area (Å²) < 4.78 is 25.2. The van der Waals surface area contributed by atoms with Crippen LogP contribution in [0.3, 0.4) is 0 Å². The topological polar surface area (TPSA) is 81.1 Å². The molecule has 1 amide bonds. The largest absolute Gasteiger partial charge is 0.352 e. The molecule has 0 spiro atoms. The minimum Gasteiger partial charge on any atom is -0.352 e. The molecule has 0 saturated heterocycles. The smallest absolute Gasteiger partial charge is 0.240 e. The molecule has 0 aliphatic rings. The Hall–Kier alpha value is -1.89. The van der Waals surface area contributed by atoms with Crippen molar-refractivity contribution >= 4 is 26.8 Å². The summed E-state index contributed by atoms with van der Waals surface area (Å²) in [5.74, 6) is -0.225. The Kier molecular flexibility index (Phi) is 4.32. The van der Waals surface area contributed by atoms with Crippen molar-refractivity contribution < 1.29 is 13.2 Å². The number of fused-ring (bicyclic) bond motifs is 1. The van der Waals surface area contributed by atoms with Gasteiger partial charge in [0, 0.05) is 12.3 Å². The van der Waals surface area contributed by atoms with Gasteiger partial charge in [0.2, 0.25) is 20.9 Å². The lowest BCUT2D eigenvalue weighted by atomic mass is 10.2. The van der Waals surface area contributed by atoms with E-state index < -0.39 is 9.84 Å². The molecule has 1 aromatic carbocycles. The highest BCUT2D eigenvalue weighted by atomic mass is 32.2. The van der Waals surface area contributed by atoms with Gasteiger partial charge in [-0.1, -0.05) is 19.1 Å². The zero-order valence-electron chi connectivity index (χ0n) is 12.3. The normalized spacial score (nSPS) is 13.3. The van der Waals surface area contributed by atoms with E-state index in [4.69, 9.17) is 0 Å². The first-order valence-corrected chi connectivity index (χ1v) is 8.66. The molecule has 6 nitrogen and oxygen atoms in total. The summed E-state index contributed by atoms with van der Waals surface area (Å²) in [7, 11) is -3.50. The second-order valence-electron chi connectivity index (χ2n) is 5.12. The van der Waals surface area contributed by atoms with Crippen LogP contribution in [0.25, 0.3) is 11.0 Å². The van der Waals surface area contributed by atoms with E-state index in [0.717, 1.165) is 12.7 Å². The fraction of sp³-hybridized carbons (Fsp3) is 0.429. The number of benzene rings is 1. The standard InChI is InChI=1S/C14H19N3O3S/c1-4-10(2)15-13(18)9-17-12-8-6-5-7-11(12)16-14(17)21(3,19)20/h5-8,10H,4,9H2,1-3H3,(H,15,18)/t10-/m1/s1. The number of hydrogen-bond donors (Lipinski definition) is 1.